The summed E-state index contributed by atoms with van der Waals surface area (Å²) in [5.74, 6) is 5.06. The molecule has 0 aromatic heterocycles. The van der Waals surface area contributed by atoms with Crippen LogP contribution in [0.1, 0.15) is 69.2 Å². The molecule has 6 aliphatic rings. The molecule has 0 aromatic rings. The van der Waals surface area contributed by atoms with Crippen LogP contribution in [-0.4, -0.2) is 8.07 Å². The zero-order valence-corrected chi connectivity index (χ0v) is 29.7. The van der Waals surface area contributed by atoms with Crippen LogP contribution < -0.4 is 0 Å². The molecule has 9 atom stereocenters. The van der Waals surface area contributed by atoms with Crippen molar-refractivity contribution in [1.29, 1.82) is 0 Å². The maximum Gasteiger partial charge on any atom is 0.0560 e. The van der Waals surface area contributed by atoms with Crippen molar-refractivity contribution in [1.82, 2.24) is 0 Å². The minimum Gasteiger partial charge on any atom is -0.0800 e. The van der Waals surface area contributed by atoms with Crippen LogP contribution in [0.2, 0.25) is 24.2 Å². The molecule has 0 bridgehead atoms. The molecular formula is C41H58Si. The van der Waals surface area contributed by atoms with Crippen LogP contribution in [0.25, 0.3) is 0 Å². The Bertz CT molecular complexity index is 1310. The quantitative estimate of drug-likeness (QED) is 0.286. The molecule has 9 unspecified atom stereocenters. The van der Waals surface area contributed by atoms with E-state index in [1.807, 2.05) is 0 Å². The van der Waals surface area contributed by atoms with Crippen LogP contribution in [0.15, 0.2) is 95.2 Å². The van der Waals surface area contributed by atoms with Gasteiger partial charge in [-0.25, -0.2) is 0 Å². The average Bonchev–Trinajstić information content (AvgIpc) is 3.38. The van der Waals surface area contributed by atoms with Crippen molar-refractivity contribution in [3.63, 3.8) is 0 Å². The number of hydrogen-bond donors (Lipinski definition) is 0. The van der Waals surface area contributed by atoms with Crippen LogP contribution in [0, 0.1) is 63.6 Å². The Hall–Kier alpha value is -1.86. The summed E-state index contributed by atoms with van der Waals surface area (Å²) in [4.78, 5) is 0. The molecule has 6 aliphatic carbocycles. The summed E-state index contributed by atoms with van der Waals surface area (Å²) >= 11 is 0. The molecular weight excluding hydrogens is 521 g/mol. The highest BCUT2D eigenvalue weighted by molar-refractivity contribution is 6.80. The van der Waals surface area contributed by atoms with E-state index in [2.05, 4.69) is 155 Å². The van der Waals surface area contributed by atoms with Crippen molar-refractivity contribution in [2.24, 2.45) is 63.6 Å². The second-order valence-corrected chi connectivity index (χ2v) is 23.4. The molecule has 0 saturated heterocycles. The smallest absolute Gasteiger partial charge is 0.0560 e. The van der Waals surface area contributed by atoms with Gasteiger partial charge in [-0.2, -0.15) is 0 Å². The molecule has 2 saturated carbocycles. The van der Waals surface area contributed by atoms with E-state index < -0.39 is 8.07 Å². The highest BCUT2D eigenvalue weighted by atomic mass is 28.3. The lowest BCUT2D eigenvalue weighted by Gasteiger charge is -2.47. The molecule has 0 aromatic carbocycles. The van der Waals surface area contributed by atoms with Gasteiger partial charge in [-0.05, 0) is 98.3 Å². The normalized spacial score (nSPS) is 39.1. The Morgan fingerprint density at radius 1 is 0.429 bits per heavy atom. The number of hydrogen-bond acceptors (Lipinski definition) is 0. The number of rotatable bonds is 2. The maximum atomic E-state index is 2.83. The van der Waals surface area contributed by atoms with E-state index in [9.17, 15) is 0 Å². The van der Waals surface area contributed by atoms with Gasteiger partial charge >= 0.3 is 0 Å². The summed E-state index contributed by atoms with van der Waals surface area (Å²) in [5, 5.41) is 0. The summed E-state index contributed by atoms with van der Waals surface area (Å²) < 4.78 is 0. The molecule has 0 N–H and O–H groups in total. The summed E-state index contributed by atoms with van der Waals surface area (Å²) in [6.07, 6.45) is 31.5. The van der Waals surface area contributed by atoms with Gasteiger partial charge in [0.05, 0.1) is 8.07 Å². The van der Waals surface area contributed by atoms with E-state index >= 15 is 0 Å². The van der Waals surface area contributed by atoms with E-state index in [4.69, 9.17) is 0 Å². The number of allylic oxidation sites excluding steroid dienone is 16. The monoisotopic (exact) mass is 578 g/mol. The lowest BCUT2D eigenvalue weighted by molar-refractivity contribution is 0.433. The standard InChI is InChI=1S/C41H58Si/c1-25-13-17-29-30-18-14-26(39(2,3)4)22-34(30)37(33(29)21-25)42(11,12)38-35-23-27(40(5,6)7)15-19-31(35)32-20-16-28(24-36(32)38)41(8,9)10/h13-24,29-38H,1-12H3. The van der Waals surface area contributed by atoms with Crippen LogP contribution in [0.3, 0.4) is 0 Å². The first-order valence-electron chi connectivity index (χ1n) is 17.0. The van der Waals surface area contributed by atoms with E-state index in [-0.39, 0.29) is 16.2 Å². The predicted octanol–water partition coefficient (Wildman–Crippen LogP) is 11.5. The fourth-order valence-corrected chi connectivity index (χ4v) is 15.8. The molecule has 6 rings (SSSR count). The van der Waals surface area contributed by atoms with Crippen molar-refractivity contribution in [2.75, 3.05) is 0 Å². The van der Waals surface area contributed by atoms with E-state index in [0.29, 0.717) is 47.3 Å². The maximum absolute atomic E-state index is 2.83. The van der Waals surface area contributed by atoms with E-state index in [1.165, 1.54) is 5.57 Å². The molecule has 0 heterocycles. The molecule has 2 fully saturated rings. The van der Waals surface area contributed by atoms with Crippen molar-refractivity contribution in [3.8, 4) is 0 Å². The zero-order valence-electron chi connectivity index (χ0n) is 28.7. The second kappa shape index (κ2) is 9.82. The molecule has 1 heteroatoms. The first-order valence-corrected chi connectivity index (χ1v) is 20.1. The van der Waals surface area contributed by atoms with Crippen molar-refractivity contribution < 1.29 is 0 Å². The van der Waals surface area contributed by atoms with Crippen LogP contribution in [0.4, 0.5) is 0 Å². The van der Waals surface area contributed by atoms with Gasteiger partial charge in [0, 0.05) is 0 Å². The second-order valence-electron chi connectivity index (χ2n) is 18.5. The van der Waals surface area contributed by atoms with Gasteiger partial charge in [0.15, 0.2) is 0 Å². The minimum atomic E-state index is -1.88. The minimum absolute atomic E-state index is 0.184. The third-order valence-electron chi connectivity index (χ3n) is 12.3. The van der Waals surface area contributed by atoms with Gasteiger partial charge in [-0.1, -0.05) is 154 Å². The van der Waals surface area contributed by atoms with Crippen molar-refractivity contribution in [3.05, 3.63) is 95.2 Å². The van der Waals surface area contributed by atoms with E-state index in [1.54, 1.807) is 16.7 Å². The molecule has 0 aliphatic heterocycles. The van der Waals surface area contributed by atoms with Gasteiger partial charge in [-0.3, -0.25) is 0 Å². The zero-order chi connectivity index (χ0) is 30.6. The van der Waals surface area contributed by atoms with Gasteiger partial charge in [0.2, 0.25) is 0 Å². The topological polar surface area (TPSA) is 0 Å². The van der Waals surface area contributed by atoms with Crippen molar-refractivity contribution in [2.45, 2.75) is 93.4 Å². The first-order chi connectivity index (χ1) is 19.4. The molecule has 0 amide bonds. The Balaban J connectivity index is 1.51. The molecule has 42 heavy (non-hydrogen) atoms. The van der Waals surface area contributed by atoms with Gasteiger partial charge in [0.1, 0.15) is 0 Å². The van der Waals surface area contributed by atoms with Gasteiger partial charge in [-0.15, -0.1) is 0 Å². The molecule has 0 nitrogen and oxygen atoms in total. The summed E-state index contributed by atoms with van der Waals surface area (Å²) in [6.45, 7) is 29.6. The van der Waals surface area contributed by atoms with Crippen LogP contribution >= 0.6 is 0 Å². The first kappa shape index (κ1) is 30.2. The lowest BCUT2D eigenvalue weighted by atomic mass is 9.74. The Labute approximate surface area is 259 Å². The summed E-state index contributed by atoms with van der Waals surface area (Å²) in [7, 11) is -1.88. The fraction of sp³-hybridized carbons (Fsp3) is 0.610. The Kier molecular flexibility index (Phi) is 7.05. The third-order valence-corrected chi connectivity index (χ3v) is 17.3. The number of fused-ring (bicyclic) bond motifs is 6. The molecule has 0 radical (unpaired) electrons. The molecule has 226 valence electrons. The summed E-state index contributed by atoms with van der Waals surface area (Å²) in [5.41, 5.74) is 8.16. The van der Waals surface area contributed by atoms with Crippen LogP contribution in [0.5, 0.6) is 0 Å². The molecule has 0 spiro atoms. The predicted molar refractivity (Wildman–Crippen MR) is 186 cm³/mol. The summed E-state index contributed by atoms with van der Waals surface area (Å²) in [6, 6.07) is 0. The average molecular weight is 579 g/mol. The lowest BCUT2D eigenvalue weighted by Crippen LogP contribution is -2.46. The van der Waals surface area contributed by atoms with Gasteiger partial charge < -0.3 is 0 Å². The highest BCUT2D eigenvalue weighted by Crippen LogP contribution is 2.67. The third kappa shape index (κ3) is 4.85. The SMILES string of the molecule is CC1=CC2C(C=C1)C1C=CC(C(C)(C)C)=CC1C2[Si](C)(C)C1C2C=C(C(C)(C)C)C=CC2C2C=CC(C(C)(C)C)=CC21. The Morgan fingerprint density at radius 2 is 0.714 bits per heavy atom. The fourth-order valence-electron chi connectivity index (χ4n) is 10.1. The Morgan fingerprint density at radius 3 is 1.02 bits per heavy atom. The van der Waals surface area contributed by atoms with Crippen molar-refractivity contribution >= 4 is 8.07 Å². The van der Waals surface area contributed by atoms with Crippen LogP contribution in [-0.2, 0) is 0 Å². The largest absolute Gasteiger partial charge is 0.0800 e. The highest BCUT2D eigenvalue weighted by Gasteiger charge is 2.62. The van der Waals surface area contributed by atoms with Gasteiger partial charge in [0.25, 0.3) is 0 Å². The van der Waals surface area contributed by atoms with E-state index in [0.717, 1.165) is 11.1 Å².